The van der Waals surface area contributed by atoms with E-state index in [2.05, 4.69) is 20.0 Å². The number of aryl methyl sites for hydroxylation is 1. The van der Waals surface area contributed by atoms with Crippen LogP contribution in [-0.2, 0) is 17.8 Å². The number of rotatable bonds is 4. The van der Waals surface area contributed by atoms with Gasteiger partial charge >= 0.3 is 0 Å². The van der Waals surface area contributed by atoms with E-state index in [4.69, 9.17) is 0 Å². The number of amides is 1. The number of carbonyl (C=O) groups is 1. The van der Waals surface area contributed by atoms with Crippen molar-refractivity contribution in [3.8, 4) is 0 Å². The van der Waals surface area contributed by atoms with Gasteiger partial charge in [-0.05, 0) is 18.1 Å². The van der Waals surface area contributed by atoms with Crippen LogP contribution in [0.2, 0.25) is 0 Å². The highest BCUT2D eigenvalue weighted by molar-refractivity contribution is 5.83. The normalized spacial score (nSPS) is 17.9. The number of hydrogen-bond acceptors (Lipinski definition) is 3. The van der Waals surface area contributed by atoms with Gasteiger partial charge in [-0.3, -0.25) is 9.48 Å². The van der Waals surface area contributed by atoms with Crippen molar-refractivity contribution in [2.45, 2.75) is 31.5 Å². The quantitative estimate of drug-likeness (QED) is 0.797. The van der Waals surface area contributed by atoms with Crippen LogP contribution in [0, 0.1) is 0 Å². The van der Waals surface area contributed by atoms with Crippen molar-refractivity contribution in [2.24, 2.45) is 0 Å². The lowest BCUT2D eigenvalue weighted by atomic mass is 10.0. The van der Waals surface area contributed by atoms with E-state index >= 15 is 0 Å². The second-order valence-electron chi connectivity index (χ2n) is 6.04. The summed E-state index contributed by atoms with van der Waals surface area (Å²) in [6, 6.07) is 11.2. The lowest BCUT2D eigenvalue weighted by Gasteiger charge is -2.27. The molecule has 4 rings (SSSR count). The highest BCUT2D eigenvalue weighted by Gasteiger charge is 2.27. The monoisotopic (exact) mass is 321 g/mol. The molecule has 0 radical (unpaired) electrons. The Kier molecular flexibility index (Phi) is 3.86. The van der Waals surface area contributed by atoms with Gasteiger partial charge in [0, 0.05) is 43.8 Å². The first kappa shape index (κ1) is 14.7. The molecule has 1 aromatic carbocycles. The molecule has 0 unspecified atom stereocenters. The van der Waals surface area contributed by atoms with E-state index in [-0.39, 0.29) is 11.9 Å². The molecule has 1 aliphatic rings. The van der Waals surface area contributed by atoms with E-state index in [1.54, 1.807) is 10.9 Å². The van der Waals surface area contributed by atoms with Crippen molar-refractivity contribution in [3.63, 3.8) is 0 Å². The molecule has 3 heterocycles. The summed E-state index contributed by atoms with van der Waals surface area (Å²) in [6.45, 7) is 0.766. The Morgan fingerprint density at radius 2 is 2.04 bits per heavy atom. The van der Waals surface area contributed by atoms with Crippen molar-refractivity contribution in [3.05, 3.63) is 72.6 Å². The zero-order chi connectivity index (χ0) is 16.4. The maximum absolute atomic E-state index is 13.0. The molecule has 6 nitrogen and oxygen atoms in total. The molecule has 0 spiro atoms. The van der Waals surface area contributed by atoms with Gasteiger partial charge in [-0.1, -0.05) is 30.3 Å². The fourth-order valence-corrected chi connectivity index (χ4v) is 3.26. The van der Waals surface area contributed by atoms with Gasteiger partial charge in [0.05, 0.1) is 0 Å². The fraction of sp³-hybridized carbons (Fsp3) is 0.278. The molecule has 6 heteroatoms. The summed E-state index contributed by atoms with van der Waals surface area (Å²) in [7, 11) is 0. The lowest BCUT2D eigenvalue weighted by molar-refractivity contribution is -0.124. The fourth-order valence-electron chi connectivity index (χ4n) is 3.26. The van der Waals surface area contributed by atoms with Crippen LogP contribution in [-0.4, -0.2) is 31.3 Å². The van der Waals surface area contributed by atoms with Crippen molar-refractivity contribution in [1.29, 1.82) is 0 Å². The van der Waals surface area contributed by atoms with Gasteiger partial charge in [-0.2, -0.15) is 5.10 Å². The summed E-state index contributed by atoms with van der Waals surface area (Å²) in [4.78, 5) is 17.3. The average molecular weight is 321 g/mol. The van der Waals surface area contributed by atoms with E-state index in [1.165, 1.54) is 0 Å². The largest absolute Gasteiger partial charge is 0.349 e. The van der Waals surface area contributed by atoms with E-state index in [1.807, 2.05) is 55.0 Å². The minimum Gasteiger partial charge on any atom is -0.349 e. The molecule has 0 saturated carbocycles. The summed E-state index contributed by atoms with van der Waals surface area (Å²) in [5.74, 6) is 1.06. The van der Waals surface area contributed by atoms with Crippen LogP contribution in [0.4, 0.5) is 0 Å². The number of nitrogens with zero attached hydrogens (tertiary/aromatic N) is 4. The molecule has 0 saturated heterocycles. The minimum atomic E-state index is -0.453. The van der Waals surface area contributed by atoms with Gasteiger partial charge in [0.1, 0.15) is 5.82 Å². The van der Waals surface area contributed by atoms with Crippen LogP contribution in [0.5, 0.6) is 0 Å². The van der Waals surface area contributed by atoms with Gasteiger partial charge in [-0.25, -0.2) is 4.98 Å². The Balaban J connectivity index is 1.54. The summed E-state index contributed by atoms with van der Waals surface area (Å²) in [6.07, 6.45) is 9.10. The van der Waals surface area contributed by atoms with Crippen LogP contribution in [0.15, 0.2) is 61.2 Å². The van der Waals surface area contributed by atoms with Crippen LogP contribution in [0.3, 0.4) is 0 Å². The number of carbonyl (C=O) groups excluding carboxylic acids is 1. The van der Waals surface area contributed by atoms with E-state index in [0.717, 1.165) is 30.8 Å². The molecule has 1 amide bonds. The van der Waals surface area contributed by atoms with Gasteiger partial charge in [-0.15, -0.1) is 0 Å². The maximum Gasteiger partial charge on any atom is 0.249 e. The molecule has 1 N–H and O–H groups in total. The number of fused-ring (bicyclic) bond motifs is 1. The zero-order valence-electron chi connectivity index (χ0n) is 13.2. The van der Waals surface area contributed by atoms with Crippen molar-refractivity contribution >= 4 is 5.91 Å². The van der Waals surface area contributed by atoms with Crippen LogP contribution < -0.4 is 5.32 Å². The predicted octanol–water partition coefficient (Wildman–Crippen LogP) is 1.80. The molecule has 2 atom stereocenters. The van der Waals surface area contributed by atoms with E-state index < -0.39 is 6.04 Å². The first-order valence-corrected chi connectivity index (χ1v) is 8.16. The topological polar surface area (TPSA) is 64.7 Å². The molecule has 0 fully saturated rings. The third-order valence-corrected chi connectivity index (χ3v) is 4.43. The molecule has 1 aliphatic heterocycles. The third kappa shape index (κ3) is 2.82. The number of nitrogens with one attached hydrogen (secondary N) is 1. The van der Waals surface area contributed by atoms with Crippen LogP contribution >= 0.6 is 0 Å². The highest BCUT2D eigenvalue weighted by Crippen LogP contribution is 2.19. The molecular formula is C18H19N5O. The number of hydrogen-bond donors (Lipinski definition) is 1. The lowest BCUT2D eigenvalue weighted by Crippen LogP contribution is -2.44. The van der Waals surface area contributed by atoms with Crippen molar-refractivity contribution in [1.82, 2.24) is 24.6 Å². The number of aromatic nitrogens is 4. The average Bonchev–Trinajstić information content (AvgIpc) is 3.27. The second kappa shape index (κ2) is 6.31. The molecule has 0 aliphatic carbocycles. The maximum atomic E-state index is 13.0. The predicted molar refractivity (Wildman–Crippen MR) is 89.3 cm³/mol. The Morgan fingerprint density at radius 3 is 2.83 bits per heavy atom. The standard InChI is InChI=1S/C18H19N5O/c24-18(21-15-7-8-16-19-10-12-22(16)13-15)17(23-11-4-9-20-23)14-5-2-1-3-6-14/h1-6,9-12,15,17H,7-8,13H2,(H,21,24)/t15-,17-/m0/s1. The summed E-state index contributed by atoms with van der Waals surface area (Å²) in [5.41, 5.74) is 0.929. The highest BCUT2D eigenvalue weighted by atomic mass is 16.2. The third-order valence-electron chi connectivity index (χ3n) is 4.43. The van der Waals surface area contributed by atoms with E-state index in [9.17, 15) is 4.79 Å². The summed E-state index contributed by atoms with van der Waals surface area (Å²) >= 11 is 0. The Morgan fingerprint density at radius 1 is 1.17 bits per heavy atom. The smallest absolute Gasteiger partial charge is 0.249 e. The van der Waals surface area contributed by atoms with Gasteiger partial charge in [0.15, 0.2) is 6.04 Å². The molecule has 2 aromatic heterocycles. The van der Waals surface area contributed by atoms with E-state index in [0.29, 0.717) is 0 Å². The molecular weight excluding hydrogens is 302 g/mol. The zero-order valence-corrected chi connectivity index (χ0v) is 13.2. The molecule has 3 aromatic rings. The Hall–Kier alpha value is -2.89. The Bertz CT molecular complexity index is 809. The first-order chi connectivity index (χ1) is 11.8. The van der Waals surface area contributed by atoms with Crippen LogP contribution in [0.25, 0.3) is 0 Å². The van der Waals surface area contributed by atoms with Crippen molar-refractivity contribution < 1.29 is 4.79 Å². The SMILES string of the molecule is O=C(N[C@H]1CCc2nccn2C1)[C@H](c1ccccc1)n1cccn1. The summed E-state index contributed by atoms with van der Waals surface area (Å²) in [5, 5.41) is 7.46. The van der Waals surface area contributed by atoms with Crippen molar-refractivity contribution in [2.75, 3.05) is 0 Å². The van der Waals surface area contributed by atoms with Crippen LogP contribution in [0.1, 0.15) is 23.9 Å². The van der Waals surface area contributed by atoms with Gasteiger partial charge in [0.2, 0.25) is 5.91 Å². The molecule has 0 bridgehead atoms. The second-order valence-corrected chi connectivity index (χ2v) is 6.04. The minimum absolute atomic E-state index is 0.0292. The van der Waals surface area contributed by atoms with Gasteiger partial charge in [0.25, 0.3) is 0 Å². The first-order valence-electron chi connectivity index (χ1n) is 8.16. The molecule has 122 valence electrons. The number of imidazole rings is 1. The molecule has 24 heavy (non-hydrogen) atoms. The van der Waals surface area contributed by atoms with Gasteiger partial charge < -0.3 is 9.88 Å². The Labute approximate surface area is 140 Å². The summed E-state index contributed by atoms with van der Waals surface area (Å²) < 4.78 is 3.82. The number of benzene rings is 1.